The van der Waals surface area contributed by atoms with Gasteiger partial charge in [-0.3, -0.25) is 5.32 Å². The second-order valence-corrected chi connectivity index (χ2v) is 6.34. The molecule has 0 atom stereocenters. The number of urea groups is 1. The first kappa shape index (κ1) is 18.6. The number of rotatable bonds is 7. The highest BCUT2D eigenvalue weighted by molar-refractivity contribution is 7.15. The molecule has 0 saturated heterocycles. The normalized spacial score (nSPS) is 10.3. The van der Waals surface area contributed by atoms with Crippen molar-refractivity contribution in [2.24, 2.45) is 0 Å². The SMILES string of the molecule is CCOc1ccc(NC(=O)Nc2nnc(COc3ccc(F)cc3)s2)cc1. The minimum Gasteiger partial charge on any atom is -0.494 e. The van der Waals surface area contributed by atoms with Crippen LogP contribution >= 0.6 is 11.3 Å². The quantitative estimate of drug-likeness (QED) is 0.630. The number of ether oxygens (including phenoxy) is 2. The van der Waals surface area contributed by atoms with Crippen LogP contribution in [0.15, 0.2) is 48.5 Å². The third kappa shape index (κ3) is 5.65. The van der Waals surface area contributed by atoms with E-state index in [4.69, 9.17) is 9.47 Å². The Bertz CT molecular complexity index is 884. The maximum absolute atomic E-state index is 12.9. The number of benzene rings is 2. The number of carbonyl (C=O) groups is 1. The molecule has 0 aliphatic heterocycles. The molecule has 0 bridgehead atoms. The molecule has 1 heterocycles. The van der Waals surface area contributed by atoms with Gasteiger partial charge in [-0.05, 0) is 55.5 Å². The predicted molar refractivity (Wildman–Crippen MR) is 101 cm³/mol. The summed E-state index contributed by atoms with van der Waals surface area (Å²) in [7, 11) is 0. The largest absolute Gasteiger partial charge is 0.494 e. The molecule has 0 unspecified atom stereocenters. The van der Waals surface area contributed by atoms with Gasteiger partial charge in [0, 0.05) is 5.69 Å². The van der Waals surface area contributed by atoms with Crippen LogP contribution in [0.4, 0.5) is 20.0 Å². The number of amides is 2. The van der Waals surface area contributed by atoms with E-state index in [-0.39, 0.29) is 12.4 Å². The molecule has 27 heavy (non-hydrogen) atoms. The molecule has 3 rings (SSSR count). The summed E-state index contributed by atoms with van der Waals surface area (Å²) < 4.78 is 23.7. The summed E-state index contributed by atoms with van der Waals surface area (Å²) in [5.41, 5.74) is 0.625. The highest BCUT2D eigenvalue weighted by Gasteiger charge is 2.09. The number of nitrogens with one attached hydrogen (secondary N) is 2. The molecule has 2 N–H and O–H groups in total. The first-order chi connectivity index (χ1) is 13.1. The van der Waals surface area contributed by atoms with Crippen molar-refractivity contribution in [2.45, 2.75) is 13.5 Å². The Morgan fingerprint density at radius 1 is 1.00 bits per heavy atom. The molecule has 0 saturated carbocycles. The molecule has 9 heteroatoms. The van der Waals surface area contributed by atoms with E-state index < -0.39 is 6.03 Å². The zero-order chi connectivity index (χ0) is 19.1. The van der Waals surface area contributed by atoms with Crippen molar-refractivity contribution in [3.8, 4) is 11.5 Å². The van der Waals surface area contributed by atoms with Gasteiger partial charge in [-0.1, -0.05) is 11.3 Å². The molecular formula is C18H17FN4O3S. The Morgan fingerprint density at radius 2 is 1.67 bits per heavy atom. The highest BCUT2D eigenvalue weighted by atomic mass is 32.1. The van der Waals surface area contributed by atoms with Crippen molar-refractivity contribution in [3.05, 3.63) is 59.4 Å². The third-order valence-corrected chi connectivity index (χ3v) is 4.10. The van der Waals surface area contributed by atoms with E-state index in [1.54, 1.807) is 24.3 Å². The van der Waals surface area contributed by atoms with Crippen LogP contribution in [0.5, 0.6) is 11.5 Å². The van der Waals surface area contributed by atoms with E-state index >= 15 is 0 Å². The molecule has 0 aliphatic carbocycles. The summed E-state index contributed by atoms with van der Waals surface area (Å²) in [6.07, 6.45) is 0. The number of hydrogen-bond donors (Lipinski definition) is 2. The van der Waals surface area contributed by atoms with Crippen LogP contribution in [-0.2, 0) is 6.61 Å². The van der Waals surface area contributed by atoms with Gasteiger partial charge in [-0.15, -0.1) is 10.2 Å². The lowest BCUT2D eigenvalue weighted by Gasteiger charge is -2.07. The fourth-order valence-electron chi connectivity index (χ4n) is 2.10. The summed E-state index contributed by atoms with van der Waals surface area (Å²) in [6, 6.07) is 12.3. The summed E-state index contributed by atoms with van der Waals surface area (Å²) in [5.74, 6) is 0.927. The van der Waals surface area contributed by atoms with E-state index in [0.717, 1.165) is 5.75 Å². The third-order valence-electron chi connectivity index (χ3n) is 3.29. The second-order valence-electron chi connectivity index (χ2n) is 5.28. The molecule has 1 aromatic heterocycles. The number of carbonyl (C=O) groups excluding carboxylic acids is 1. The smallest absolute Gasteiger partial charge is 0.325 e. The van der Waals surface area contributed by atoms with Gasteiger partial charge in [-0.2, -0.15) is 0 Å². The Labute approximate surface area is 159 Å². The minimum absolute atomic E-state index is 0.172. The first-order valence-corrected chi connectivity index (χ1v) is 8.95. The summed E-state index contributed by atoms with van der Waals surface area (Å²) >= 11 is 1.19. The fourth-order valence-corrected chi connectivity index (χ4v) is 2.75. The van der Waals surface area contributed by atoms with Crippen LogP contribution < -0.4 is 20.1 Å². The van der Waals surface area contributed by atoms with Crippen LogP contribution in [-0.4, -0.2) is 22.8 Å². The molecule has 0 radical (unpaired) electrons. The number of nitrogens with zero attached hydrogens (tertiary/aromatic N) is 2. The number of anilines is 2. The van der Waals surface area contributed by atoms with Gasteiger partial charge in [0.15, 0.2) is 5.01 Å². The monoisotopic (exact) mass is 388 g/mol. The van der Waals surface area contributed by atoms with Crippen molar-refractivity contribution in [1.29, 1.82) is 0 Å². The van der Waals surface area contributed by atoms with Crippen LogP contribution in [0.2, 0.25) is 0 Å². The van der Waals surface area contributed by atoms with E-state index in [0.29, 0.717) is 28.2 Å². The Hall–Kier alpha value is -3.20. The first-order valence-electron chi connectivity index (χ1n) is 8.14. The maximum Gasteiger partial charge on any atom is 0.325 e. The lowest BCUT2D eigenvalue weighted by Crippen LogP contribution is -2.19. The van der Waals surface area contributed by atoms with Crippen molar-refractivity contribution >= 4 is 28.2 Å². The van der Waals surface area contributed by atoms with Crippen molar-refractivity contribution < 1.29 is 18.7 Å². The highest BCUT2D eigenvalue weighted by Crippen LogP contribution is 2.19. The molecule has 2 aromatic carbocycles. The van der Waals surface area contributed by atoms with Crippen LogP contribution in [0.3, 0.4) is 0 Å². The van der Waals surface area contributed by atoms with Gasteiger partial charge in [-0.25, -0.2) is 9.18 Å². The zero-order valence-electron chi connectivity index (χ0n) is 14.4. The molecule has 7 nitrogen and oxygen atoms in total. The van der Waals surface area contributed by atoms with Gasteiger partial charge < -0.3 is 14.8 Å². The summed E-state index contributed by atoms with van der Waals surface area (Å²) in [4.78, 5) is 12.0. The van der Waals surface area contributed by atoms with Gasteiger partial charge in [0.25, 0.3) is 0 Å². The summed E-state index contributed by atoms with van der Waals surface area (Å²) in [5, 5.41) is 14.1. The van der Waals surface area contributed by atoms with Crippen molar-refractivity contribution in [3.63, 3.8) is 0 Å². The van der Waals surface area contributed by atoms with Gasteiger partial charge in [0.2, 0.25) is 5.13 Å². The molecule has 0 fully saturated rings. The fraction of sp³-hybridized carbons (Fsp3) is 0.167. The van der Waals surface area contributed by atoms with Gasteiger partial charge in [0.1, 0.15) is 23.9 Å². The predicted octanol–water partition coefficient (Wildman–Crippen LogP) is 4.30. The minimum atomic E-state index is -0.429. The summed E-state index contributed by atoms with van der Waals surface area (Å²) in [6.45, 7) is 2.66. The van der Waals surface area contributed by atoms with Crippen LogP contribution in [0.1, 0.15) is 11.9 Å². The number of hydrogen-bond acceptors (Lipinski definition) is 6. The Balaban J connectivity index is 1.49. The molecule has 2 amide bonds. The molecule has 3 aromatic rings. The van der Waals surface area contributed by atoms with Crippen LogP contribution in [0, 0.1) is 5.82 Å². The Kier molecular flexibility index (Phi) is 6.16. The molecule has 140 valence electrons. The zero-order valence-corrected chi connectivity index (χ0v) is 15.3. The van der Waals surface area contributed by atoms with E-state index in [1.165, 1.54) is 35.6 Å². The Morgan fingerprint density at radius 3 is 2.37 bits per heavy atom. The number of aromatic nitrogens is 2. The lowest BCUT2D eigenvalue weighted by atomic mass is 10.3. The average Bonchev–Trinajstić information content (AvgIpc) is 3.10. The van der Waals surface area contributed by atoms with Crippen LogP contribution in [0.25, 0.3) is 0 Å². The van der Waals surface area contributed by atoms with Crippen molar-refractivity contribution in [1.82, 2.24) is 10.2 Å². The average molecular weight is 388 g/mol. The van der Waals surface area contributed by atoms with Gasteiger partial charge in [0.05, 0.1) is 6.61 Å². The number of halogens is 1. The lowest BCUT2D eigenvalue weighted by molar-refractivity contribution is 0.262. The van der Waals surface area contributed by atoms with E-state index in [9.17, 15) is 9.18 Å². The topological polar surface area (TPSA) is 85.4 Å². The van der Waals surface area contributed by atoms with E-state index in [2.05, 4.69) is 20.8 Å². The maximum atomic E-state index is 12.9. The van der Waals surface area contributed by atoms with Gasteiger partial charge >= 0.3 is 6.03 Å². The standard InChI is InChI=1S/C18H17FN4O3S/c1-2-25-14-9-5-13(6-10-14)20-17(24)21-18-23-22-16(27-18)11-26-15-7-3-12(19)4-8-15/h3-10H,2,11H2,1H3,(H2,20,21,23,24). The molecule has 0 aliphatic rings. The van der Waals surface area contributed by atoms with E-state index in [1.807, 2.05) is 6.92 Å². The molecular weight excluding hydrogens is 371 g/mol. The second kappa shape index (κ2) is 8.95. The molecule has 0 spiro atoms. The van der Waals surface area contributed by atoms with Crippen molar-refractivity contribution in [2.75, 3.05) is 17.2 Å².